The number of aryl methyl sites for hydroxylation is 1. The van der Waals surface area contributed by atoms with Crippen molar-refractivity contribution in [1.82, 2.24) is 0 Å². The van der Waals surface area contributed by atoms with Gasteiger partial charge in [0.1, 0.15) is 19.0 Å². The first-order valence-electron chi connectivity index (χ1n) is 8.47. The van der Waals surface area contributed by atoms with Crippen LogP contribution in [0.2, 0.25) is 0 Å². The average molecular weight is 356 g/mol. The van der Waals surface area contributed by atoms with Crippen LogP contribution >= 0.6 is 0 Å². The zero-order valence-electron chi connectivity index (χ0n) is 14.9. The Balaban J connectivity index is 1.89. The lowest BCUT2D eigenvalue weighted by molar-refractivity contribution is -0.136. The van der Waals surface area contributed by atoms with Gasteiger partial charge < -0.3 is 19.3 Å². The molecule has 0 radical (unpaired) electrons. The molecule has 0 aliphatic rings. The second-order valence-corrected chi connectivity index (χ2v) is 5.68. The SMILES string of the molecule is C=CCc1ccccc1OCCOc1ccc(CCC(=O)O)cc1OC. The molecule has 2 aromatic carbocycles. The molecule has 0 unspecified atom stereocenters. The molecule has 5 heteroatoms. The number of carboxylic acid groups (broad SMARTS) is 1. The van der Waals surface area contributed by atoms with Crippen LogP contribution in [0.5, 0.6) is 17.2 Å². The van der Waals surface area contributed by atoms with Gasteiger partial charge in [0.25, 0.3) is 0 Å². The van der Waals surface area contributed by atoms with Crippen LogP contribution in [-0.2, 0) is 17.6 Å². The lowest BCUT2D eigenvalue weighted by atomic mass is 10.1. The quantitative estimate of drug-likeness (QED) is 0.489. The first kappa shape index (κ1) is 19.4. The van der Waals surface area contributed by atoms with Crippen molar-refractivity contribution in [3.05, 3.63) is 66.2 Å². The Morgan fingerprint density at radius 2 is 1.81 bits per heavy atom. The number of carboxylic acids is 1. The lowest BCUT2D eigenvalue weighted by Crippen LogP contribution is -2.10. The van der Waals surface area contributed by atoms with Gasteiger partial charge >= 0.3 is 5.97 Å². The standard InChI is InChI=1S/C21H24O5/c1-3-6-17-7-4-5-8-18(17)25-13-14-26-19-11-9-16(10-12-21(22)23)15-20(19)24-2/h3-5,7-9,11,15H,1,6,10,12-14H2,2H3,(H,22,23). The molecule has 0 atom stereocenters. The monoisotopic (exact) mass is 356 g/mol. The molecule has 26 heavy (non-hydrogen) atoms. The first-order valence-corrected chi connectivity index (χ1v) is 8.47. The Kier molecular flexibility index (Phi) is 7.55. The van der Waals surface area contributed by atoms with Crippen molar-refractivity contribution < 1.29 is 24.1 Å². The maximum atomic E-state index is 10.7. The number of hydrogen-bond donors (Lipinski definition) is 1. The Labute approximate surface area is 153 Å². The van der Waals surface area contributed by atoms with E-state index in [-0.39, 0.29) is 6.42 Å². The van der Waals surface area contributed by atoms with E-state index in [9.17, 15) is 4.79 Å². The van der Waals surface area contributed by atoms with Gasteiger partial charge in [-0.3, -0.25) is 4.79 Å². The number of carbonyl (C=O) groups is 1. The highest BCUT2D eigenvalue weighted by atomic mass is 16.5. The second kappa shape index (κ2) is 10.1. The minimum absolute atomic E-state index is 0.0846. The largest absolute Gasteiger partial charge is 0.493 e. The fraction of sp³-hybridized carbons (Fsp3) is 0.286. The number of methoxy groups -OCH3 is 1. The van der Waals surface area contributed by atoms with Crippen molar-refractivity contribution in [2.24, 2.45) is 0 Å². The van der Waals surface area contributed by atoms with Crippen LogP contribution in [0.15, 0.2) is 55.1 Å². The average Bonchev–Trinajstić information content (AvgIpc) is 2.65. The smallest absolute Gasteiger partial charge is 0.303 e. The molecule has 2 rings (SSSR count). The molecular weight excluding hydrogens is 332 g/mol. The van der Waals surface area contributed by atoms with E-state index >= 15 is 0 Å². The third-order valence-corrected chi connectivity index (χ3v) is 3.79. The predicted molar refractivity (Wildman–Crippen MR) is 100 cm³/mol. The summed E-state index contributed by atoms with van der Waals surface area (Å²) < 4.78 is 16.9. The van der Waals surface area contributed by atoms with Gasteiger partial charge in [0, 0.05) is 6.42 Å². The number of ether oxygens (including phenoxy) is 3. The molecule has 0 heterocycles. The normalized spacial score (nSPS) is 10.2. The number of aliphatic carboxylic acids is 1. The molecule has 0 fully saturated rings. The highest BCUT2D eigenvalue weighted by Gasteiger charge is 2.08. The van der Waals surface area contributed by atoms with E-state index in [0.29, 0.717) is 31.1 Å². The minimum Gasteiger partial charge on any atom is -0.493 e. The highest BCUT2D eigenvalue weighted by Crippen LogP contribution is 2.28. The molecule has 138 valence electrons. The molecule has 1 N–H and O–H groups in total. The molecular formula is C21H24O5. The van der Waals surface area contributed by atoms with Crippen LogP contribution in [-0.4, -0.2) is 31.4 Å². The molecule has 0 bridgehead atoms. The first-order chi connectivity index (χ1) is 12.6. The van der Waals surface area contributed by atoms with Gasteiger partial charge in [-0.25, -0.2) is 0 Å². The number of para-hydroxylation sites is 1. The zero-order valence-corrected chi connectivity index (χ0v) is 14.9. The van der Waals surface area contributed by atoms with Gasteiger partial charge in [0.2, 0.25) is 0 Å². The summed E-state index contributed by atoms with van der Waals surface area (Å²) in [6.07, 6.45) is 3.13. The van der Waals surface area contributed by atoms with Gasteiger partial charge in [-0.2, -0.15) is 0 Å². The van der Waals surface area contributed by atoms with Crippen LogP contribution in [0.25, 0.3) is 0 Å². The van der Waals surface area contributed by atoms with Gasteiger partial charge in [-0.05, 0) is 42.2 Å². The summed E-state index contributed by atoms with van der Waals surface area (Å²) in [5.74, 6) is 1.19. The third kappa shape index (κ3) is 5.84. The molecule has 0 saturated carbocycles. The maximum Gasteiger partial charge on any atom is 0.303 e. The van der Waals surface area contributed by atoms with Crippen molar-refractivity contribution in [1.29, 1.82) is 0 Å². The zero-order chi connectivity index (χ0) is 18.8. The molecule has 0 aromatic heterocycles. The van der Waals surface area contributed by atoms with E-state index in [4.69, 9.17) is 19.3 Å². The minimum atomic E-state index is -0.821. The summed E-state index contributed by atoms with van der Waals surface area (Å²) in [6, 6.07) is 13.3. The Hall–Kier alpha value is -2.95. The van der Waals surface area contributed by atoms with Gasteiger partial charge in [0.15, 0.2) is 11.5 Å². The molecule has 0 aliphatic heterocycles. The van der Waals surface area contributed by atoms with E-state index in [1.54, 1.807) is 19.2 Å². The molecule has 5 nitrogen and oxygen atoms in total. The Morgan fingerprint density at radius 3 is 2.50 bits per heavy atom. The van der Waals surface area contributed by atoms with Gasteiger partial charge in [0.05, 0.1) is 7.11 Å². The number of benzene rings is 2. The Bertz CT molecular complexity index is 739. The van der Waals surface area contributed by atoms with Crippen molar-refractivity contribution in [3.8, 4) is 17.2 Å². The van der Waals surface area contributed by atoms with Crippen molar-refractivity contribution in [2.75, 3.05) is 20.3 Å². The van der Waals surface area contributed by atoms with Gasteiger partial charge in [-0.1, -0.05) is 30.3 Å². The summed E-state index contributed by atoms with van der Waals surface area (Å²) in [5.41, 5.74) is 1.98. The topological polar surface area (TPSA) is 65.0 Å². The van der Waals surface area contributed by atoms with E-state index in [0.717, 1.165) is 23.3 Å². The predicted octanol–water partition coefficient (Wildman–Crippen LogP) is 3.90. The summed E-state index contributed by atoms with van der Waals surface area (Å²) in [5, 5.41) is 8.77. The van der Waals surface area contributed by atoms with Crippen molar-refractivity contribution in [2.45, 2.75) is 19.3 Å². The highest BCUT2D eigenvalue weighted by molar-refractivity contribution is 5.67. The van der Waals surface area contributed by atoms with Crippen LogP contribution in [0.1, 0.15) is 17.5 Å². The number of rotatable bonds is 11. The van der Waals surface area contributed by atoms with Crippen LogP contribution < -0.4 is 14.2 Å². The van der Waals surface area contributed by atoms with Gasteiger partial charge in [-0.15, -0.1) is 6.58 Å². The fourth-order valence-corrected chi connectivity index (χ4v) is 2.51. The summed E-state index contributed by atoms with van der Waals surface area (Å²) in [4.78, 5) is 10.7. The molecule has 2 aromatic rings. The van der Waals surface area contributed by atoms with Crippen LogP contribution in [0, 0.1) is 0 Å². The summed E-state index contributed by atoms with van der Waals surface area (Å²) in [6.45, 7) is 4.52. The Morgan fingerprint density at radius 1 is 1.08 bits per heavy atom. The number of allylic oxidation sites excluding steroid dienone is 1. The summed E-state index contributed by atoms with van der Waals surface area (Å²) >= 11 is 0. The maximum absolute atomic E-state index is 10.7. The molecule has 0 saturated heterocycles. The van der Waals surface area contributed by atoms with Crippen molar-refractivity contribution in [3.63, 3.8) is 0 Å². The number of hydrogen-bond acceptors (Lipinski definition) is 4. The fourth-order valence-electron chi connectivity index (χ4n) is 2.51. The second-order valence-electron chi connectivity index (χ2n) is 5.68. The van der Waals surface area contributed by atoms with E-state index < -0.39 is 5.97 Å². The van der Waals surface area contributed by atoms with Crippen LogP contribution in [0.3, 0.4) is 0 Å². The van der Waals surface area contributed by atoms with E-state index in [2.05, 4.69) is 6.58 Å². The molecule has 0 spiro atoms. The molecule has 0 amide bonds. The van der Waals surface area contributed by atoms with E-state index in [1.807, 2.05) is 36.4 Å². The van der Waals surface area contributed by atoms with Crippen molar-refractivity contribution >= 4 is 5.97 Å². The van der Waals surface area contributed by atoms with E-state index in [1.165, 1.54) is 0 Å². The van der Waals surface area contributed by atoms with Crippen LogP contribution in [0.4, 0.5) is 0 Å². The lowest BCUT2D eigenvalue weighted by Gasteiger charge is -2.14. The summed E-state index contributed by atoms with van der Waals surface area (Å²) in [7, 11) is 1.56. The molecule has 0 aliphatic carbocycles. The third-order valence-electron chi connectivity index (χ3n) is 3.79.